The lowest BCUT2D eigenvalue weighted by molar-refractivity contribution is -0.158. The SMILES string of the molecule is CC(C)(C)OC(=O)N[C@@H](C[C@H](Cc1ccc(Br)nc1)C(=O)O)C(=O)OC(C)(C)C. The van der Waals surface area contributed by atoms with E-state index in [1.54, 1.807) is 59.9 Å². The third kappa shape index (κ3) is 10.3. The smallest absolute Gasteiger partial charge is 0.408 e. The summed E-state index contributed by atoms with van der Waals surface area (Å²) in [7, 11) is 0. The molecule has 0 aliphatic heterocycles. The Balaban J connectivity index is 3.00. The molecule has 2 atom stereocenters. The van der Waals surface area contributed by atoms with Gasteiger partial charge in [-0.15, -0.1) is 0 Å². The van der Waals surface area contributed by atoms with Gasteiger partial charge in [0, 0.05) is 6.20 Å². The first-order valence-corrected chi connectivity index (χ1v) is 10.0. The zero-order valence-corrected chi connectivity index (χ0v) is 19.2. The summed E-state index contributed by atoms with van der Waals surface area (Å²) >= 11 is 3.23. The molecule has 0 radical (unpaired) electrons. The van der Waals surface area contributed by atoms with E-state index in [4.69, 9.17) is 9.47 Å². The van der Waals surface area contributed by atoms with Gasteiger partial charge in [-0.1, -0.05) is 6.07 Å². The number of carbonyl (C=O) groups is 3. The molecule has 9 heteroatoms. The average molecular weight is 473 g/mol. The highest BCUT2D eigenvalue weighted by molar-refractivity contribution is 9.10. The van der Waals surface area contributed by atoms with Crippen LogP contribution in [0.5, 0.6) is 0 Å². The van der Waals surface area contributed by atoms with E-state index in [0.717, 1.165) is 0 Å². The Kier molecular flexibility index (Phi) is 8.62. The molecule has 0 unspecified atom stereocenters. The lowest BCUT2D eigenvalue weighted by atomic mass is 9.93. The van der Waals surface area contributed by atoms with Crippen molar-refractivity contribution in [2.24, 2.45) is 5.92 Å². The van der Waals surface area contributed by atoms with Gasteiger partial charge in [0.05, 0.1) is 5.92 Å². The van der Waals surface area contributed by atoms with Gasteiger partial charge in [0.15, 0.2) is 0 Å². The average Bonchev–Trinajstić information content (AvgIpc) is 2.51. The second-order valence-electron chi connectivity index (χ2n) is 8.70. The summed E-state index contributed by atoms with van der Waals surface area (Å²) in [5.74, 6) is -2.75. The van der Waals surface area contributed by atoms with Crippen molar-refractivity contribution in [2.75, 3.05) is 0 Å². The fourth-order valence-electron chi connectivity index (χ4n) is 2.40. The van der Waals surface area contributed by atoms with Gasteiger partial charge in [-0.05, 0) is 81.9 Å². The normalized spacial score (nSPS) is 13.9. The molecular weight excluding hydrogens is 444 g/mol. The monoisotopic (exact) mass is 472 g/mol. The lowest BCUT2D eigenvalue weighted by Crippen LogP contribution is -2.47. The van der Waals surface area contributed by atoms with E-state index in [1.807, 2.05) is 0 Å². The zero-order chi connectivity index (χ0) is 22.4. The minimum absolute atomic E-state index is 0.144. The molecule has 0 aliphatic carbocycles. The summed E-state index contributed by atoms with van der Waals surface area (Å²) in [6.07, 6.45) is 0.733. The molecule has 0 saturated carbocycles. The largest absolute Gasteiger partial charge is 0.481 e. The fraction of sp³-hybridized carbons (Fsp3) is 0.600. The molecule has 0 bridgehead atoms. The summed E-state index contributed by atoms with van der Waals surface area (Å²) in [5.41, 5.74) is -0.863. The van der Waals surface area contributed by atoms with Crippen molar-refractivity contribution in [1.29, 1.82) is 0 Å². The Morgan fingerprint density at radius 2 is 1.69 bits per heavy atom. The van der Waals surface area contributed by atoms with Crippen LogP contribution in [0.1, 0.15) is 53.5 Å². The van der Waals surface area contributed by atoms with E-state index in [1.165, 1.54) is 0 Å². The van der Waals surface area contributed by atoms with Crippen LogP contribution in [0.15, 0.2) is 22.9 Å². The van der Waals surface area contributed by atoms with Crippen molar-refractivity contribution in [1.82, 2.24) is 10.3 Å². The number of alkyl carbamates (subject to hydrolysis) is 1. The van der Waals surface area contributed by atoms with Crippen LogP contribution in [0.2, 0.25) is 0 Å². The van der Waals surface area contributed by atoms with Crippen molar-refractivity contribution < 1.29 is 29.0 Å². The number of hydrogen-bond donors (Lipinski definition) is 2. The van der Waals surface area contributed by atoms with E-state index in [9.17, 15) is 19.5 Å². The molecule has 0 fully saturated rings. The number of carboxylic acid groups (broad SMARTS) is 1. The molecule has 29 heavy (non-hydrogen) atoms. The molecule has 1 aromatic rings. The Hall–Kier alpha value is -2.16. The maximum absolute atomic E-state index is 12.6. The number of esters is 1. The minimum Gasteiger partial charge on any atom is -0.481 e. The number of aliphatic carboxylic acids is 1. The van der Waals surface area contributed by atoms with Gasteiger partial charge in [-0.3, -0.25) is 4.79 Å². The summed E-state index contributed by atoms with van der Waals surface area (Å²) in [6.45, 7) is 10.1. The van der Waals surface area contributed by atoms with E-state index >= 15 is 0 Å². The minimum atomic E-state index is -1.17. The fourth-order valence-corrected chi connectivity index (χ4v) is 2.64. The Labute approximate surface area is 179 Å². The number of pyridine rings is 1. The first kappa shape index (κ1) is 24.9. The molecule has 0 spiro atoms. The Morgan fingerprint density at radius 1 is 1.10 bits per heavy atom. The number of ether oxygens (including phenoxy) is 2. The predicted molar refractivity (Wildman–Crippen MR) is 110 cm³/mol. The number of nitrogens with one attached hydrogen (secondary N) is 1. The lowest BCUT2D eigenvalue weighted by Gasteiger charge is -2.27. The molecular formula is C20H29BrN2O6. The number of halogens is 1. The number of amides is 1. The molecule has 2 N–H and O–H groups in total. The van der Waals surface area contributed by atoms with Crippen molar-refractivity contribution in [3.8, 4) is 0 Å². The number of rotatable bonds is 7. The van der Waals surface area contributed by atoms with Crippen LogP contribution in [0.4, 0.5) is 4.79 Å². The highest BCUT2D eigenvalue weighted by Crippen LogP contribution is 2.19. The third-order valence-corrected chi connectivity index (χ3v) is 3.99. The maximum atomic E-state index is 12.6. The second-order valence-corrected chi connectivity index (χ2v) is 9.51. The summed E-state index contributed by atoms with van der Waals surface area (Å²) in [4.78, 5) is 40.7. The van der Waals surface area contributed by atoms with Crippen LogP contribution in [-0.4, -0.2) is 45.4 Å². The first-order valence-electron chi connectivity index (χ1n) is 9.22. The third-order valence-electron chi connectivity index (χ3n) is 3.52. The van der Waals surface area contributed by atoms with Crippen LogP contribution in [0.3, 0.4) is 0 Å². The highest BCUT2D eigenvalue weighted by Gasteiger charge is 2.33. The Bertz CT molecular complexity index is 722. The highest BCUT2D eigenvalue weighted by atomic mass is 79.9. The van der Waals surface area contributed by atoms with E-state index in [2.05, 4.69) is 26.2 Å². The molecule has 1 heterocycles. The van der Waals surface area contributed by atoms with Gasteiger partial charge in [-0.2, -0.15) is 0 Å². The van der Waals surface area contributed by atoms with Gasteiger partial charge in [-0.25, -0.2) is 14.6 Å². The Morgan fingerprint density at radius 3 is 2.14 bits per heavy atom. The first-order chi connectivity index (χ1) is 13.2. The molecule has 0 aromatic carbocycles. The summed E-state index contributed by atoms with van der Waals surface area (Å²) < 4.78 is 11.2. The van der Waals surface area contributed by atoms with Crippen LogP contribution >= 0.6 is 15.9 Å². The zero-order valence-electron chi connectivity index (χ0n) is 17.6. The van der Waals surface area contributed by atoms with Crippen LogP contribution in [0.25, 0.3) is 0 Å². The van der Waals surface area contributed by atoms with Crippen molar-refractivity contribution in [2.45, 2.75) is 71.6 Å². The molecule has 0 saturated heterocycles. The topological polar surface area (TPSA) is 115 Å². The van der Waals surface area contributed by atoms with Crippen LogP contribution < -0.4 is 5.32 Å². The van der Waals surface area contributed by atoms with E-state index in [-0.39, 0.29) is 12.8 Å². The van der Waals surface area contributed by atoms with Gasteiger partial charge in [0.2, 0.25) is 0 Å². The molecule has 1 rings (SSSR count). The number of carbonyl (C=O) groups excluding carboxylic acids is 2. The standard InChI is InChI=1S/C20H29BrN2O6/c1-19(2,3)28-17(26)14(23-18(27)29-20(4,5)6)10-13(16(24)25)9-12-7-8-15(21)22-11-12/h7-8,11,13-14H,9-10H2,1-6H3,(H,23,27)(H,24,25)/t13-,14-/m0/s1. The summed E-state index contributed by atoms with van der Waals surface area (Å²) in [6, 6.07) is 2.28. The van der Waals surface area contributed by atoms with Crippen LogP contribution in [0, 0.1) is 5.92 Å². The number of nitrogens with zero attached hydrogens (tertiary/aromatic N) is 1. The van der Waals surface area contributed by atoms with E-state index < -0.39 is 41.2 Å². The van der Waals surface area contributed by atoms with Gasteiger partial charge in [0.25, 0.3) is 0 Å². The number of hydrogen-bond acceptors (Lipinski definition) is 6. The van der Waals surface area contributed by atoms with Crippen molar-refractivity contribution in [3.05, 3.63) is 28.5 Å². The predicted octanol–water partition coefficient (Wildman–Crippen LogP) is 3.71. The molecule has 0 aliphatic rings. The van der Waals surface area contributed by atoms with E-state index in [0.29, 0.717) is 10.2 Å². The van der Waals surface area contributed by atoms with Crippen molar-refractivity contribution >= 4 is 34.0 Å². The molecule has 1 amide bonds. The van der Waals surface area contributed by atoms with Gasteiger partial charge < -0.3 is 19.9 Å². The van der Waals surface area contributed by atoms with Crippen molar-refractivity contribution in [3.63, 3.8) is 0 Å². The number of carboxylic acids is 1. The molecule has 8 nitrogen and oxygen atoms in total. The van der Waals surface area contributed by atoms with Gasteiger partial charge >= 0.3 is 18.0 Å². The maximum Gasteiger partial charge on any atom is 0.408 e. The second kappa shape index (κ2) is 10.0. The summed E-state index contributed by atoms with van der Waals surface area (Å²) in [5, 5.41) is 12.1. The molecule has 1 aromatic heterocycles. The van der Waals surface area contributed by atoms with Crippen LogP contribution in [-0.2, 0) is 25.5 Å². The quantitative estimate of drug-likeness (QED) is 0.458. The van der Waals surface area contributed by atoms with Gasteiger partial charge in [0.1, 0.15) is 21.8 Å². The molecule has 162 valence electrons. The number of aromatic nitrogens is 1.